The first-order chi connectivity index (χ1) is 6.89. The van der Waals surface area contributed by atoms with E-state index in [0.717, 1.165) is 19.5 Å². The number of likely N-dealkylation sites (N-methyl/N-ethyl adjacent to an activating group) is 1. The van der Waals surface area contributed by atoms with E-state index in [2.05, 4.69) is 31.1 Å². The third kappa shape index (κ3) is 1.39. The highest BCUT2D eigenvalue weighted by molar-refractivity contribution is 5.89. The Morgan fingerprint density at radius 2 is 2.00 bits per heavy atom. The molecule has 2 aliphatic heterocycles. The molecule has 0 aromatic rings. The van der Waals surface area contributed by atoms with Gasteiger partial charge in [0, 0.05) is 25.6 Å². The van der Waals surface area contributed by atoms with Gasteiger partial charge in [-0.3, -0.25) is 10.1 Å². The molecule has 15 heavy (non-hydrogen) atoms. The van der Waals surface area contributed by atoms with Gasteiger partial charge in [-0.1, -0.05) is 13.8 Å². The van der Waals surface area contributed by atoms with E-state index in [1.807, 2.05) is 7.05 Å². The molecule has 4 nitrogen and oxygen atoms in total. The van der Waals surface area contributed by atoms with Crippen LogP contribution < -0.4 is 5.32 Å². The molecule has 2 aliphatic rings. The maximum absolute atomic E-state index is 12.2. The summed E-state index contributed by atoms with van der Waals surface area (Å²) < 4.78 is 0. The van der Waals surface area contributed by atoms with Crippen LogP contribution in [0.25, 0.3) is 0 Å². The quantitative estimate of drug-likeness (QED) is 0.617. The molecule has 0 saturated carbocycles. The van der Waals surface area contributed by atoms with Gasteiger partial charge < -0.3 is 9.80 Å². The zero-order valence-corrected chi connectivity index (χ0v) is 10.1. The first-order valence-corrected chi connectivity index (χ1v) is 5.58. The summed E-state index contributed by atoms with van der Waals surface area (Å²) in [5.41, 5.74) is -0.323. The second-order valence-electron chi connectivity index (χ2n) is 5.61. The van der Waals surface area contributed by atoms with Gasteiger partial charge in [0.05, 0.1) is 6.67 Å². The van der Waals surface area contributed by atoms with Gasteiger partial charge in [-0.25, -0.2) is 0 Å². The lowest BCUT2D eigenvalue weighted by atomic mass is 9.67. The van der Waals surface area contributed by atoms with Crippen LogP contribution in [-0.2, 0) is 4.79 Å². The topological polar surface area (TPSA) is 35.6 Å². The molecule has 1 N–H and O–H groups in total. The van der Waals surface area contributed by atoms with Crippen LogP contribution in [0.15, 0.2) is 0 Å². The van der Waals surface area contributed by atoms with Crippen LogP contribution in [0, 0.1) is 5.41 Å². The van der Waals surface area contributed by atoms with Crippen LogP contribution in [0.4, 0.5) is 0 Å². The number of carbonyl (C=O) groups is 1. The zero-order chi connectivity index (χ0) is 11.3. The summed E-state index contributed by atoms with van der Waals surface area (Å²) in [4.78, 5) is 16.4. The van der Waals surface area contributed by atoms with Crippen molar-refractivity contribution in [3.8, 4) is 0 Å². The van der Waals surface area contributed by atoms with Gasteiger partial charge in [0.15, 0.2) is 0 Å². The molecule has 2 rings (SSSR count). The van der Waals surface area contributed by atoms with Gasteiger partial charge in [-0.15, -0.1) is 0 Å². The summed E-state index contributed by atoms with van der Waals surface area (Å²) in [5, 5.41) is 3.43. The molecule has 1 atom stereocenters. The van der Waals surface area contributed by atoms with Crippen LogP contribution in [0.2, 0.25) is 0 Å². The first kappa shape index (κ1) is 10.9. The summed E-state index contributed by atoms with van der Waals surface area (Å²) >= 11 is 0. The zero-order valence-electron chi connectivity index (χ0n) is 10.1. The van der Waals surface area contributed by atoms with Crippen molar-refractivity contribution in [2.75, 3.05) is 33.9 Å². The lowest BCUT2D eigenvalue weighted by Gasteiger charge is -2.49. The normalized spacial score (nSPS) is 36.5. The van der Waals surface area contributed by atoms with E-state index in [4.69, 9.17) is 0 Å². The summed E-state index contributed by atoms with van der Waals surface area (Å²) in [6.07, 6.45) is 0.916. The van der Waals surface area contributed by atoms with E-state index in [1.54, 1.807) is 4.90 Å². The third-order valence-electron chi connectivity index (χ3n) is 4.02. The van der Waals surface area contributed by atoms with Gasteiger partial charge in [0.25, 0.3) is 0 Å². The summed E-state index contributed by atoms with van der Waals surface area (Å²) in [6, 6.07) is 0. The molecule has 0 aromatic heterocycles. The fraction of sp³-hybridized carbons (Fsp3) is 0.909. The fourth-order valence-corrected chi connectivity index (χ4v) is 3.04. The molecule has 1 amide bonds. The maximum Gasteiger partial charge on any atom is 0.244 e. The van der Waals surface area contributed by atoms with Crippen molar-refractivity contribution in [3.63, 3.8) is 0 Å². The number of likely N-dealkylation sites (tertiary alicyclic amines) is 1. The number of hydrogen-bond donors (Lipinski definition) is 1. The van der Waals surface area contributed by atoms with E-state index >= 15 is 0 Å². The molecule has 86 valence electrons. The molecular formula is C11H21N3O. The minimum Gasteiger partial charge on any atom is -0.331 e. The Balaban J connectivity index is 2.31. The largest absolute Gasteiger partial charge is 0.331 e. The highest BCUT2D eigenvalue weighted by Crippen LogP contribution is 2.41. The van der Waals surface area contributed by atoms with Crippen LogP contribution in [0.5, 0.6) is 0 Å². The lowest BCUT2D eigenvalue weighted by molar-refractivity contribution is -0.138. The van der Waals surface area contributed by atoms with Gasteiger partial charge >= 0.3 is 0 Å². The van der Waals surface area contributed by atoms with E-state index < -0.39 is 0 Å². The molecule has 1 spiro atoms. The Kier molecular flexibility index (Phi) is 2.32. The molecule has 2 fully saturated rings. The third-order valence-corrected chi connectivity index (χ3v) is 4.02. The Hall–Kier alpha value is -0.610. The highest BCUT2D eigenvalue weighted by Gasteiger charge is 2.57. The summed E-state index contributed by atoms with van der Waals surface area (Å²) in [7, 11) is 4.00. The molecule has 0 bridgehead atoms. The monoisotopic (exact) mass is 211 g/mol. The highest BCUT2D eigenvalue weighted by atomic mass is 16.2. The summed E-state index contributed by atoms with van der Waals surface area (Å²) in [5.74, 6) is 0.264. The van der Waals surface area contributed by atoms with Crippen LogP contribution in [0.1, 0.15) is 20.3 Å². The average Bonchev–Trinajstić information content (AvgIpc) is 2.41. The number of piperidine rings is 1. The standard InChI is InChI=1S/C11H21N3O/c1-10(2)7-13(3)6-5-11(10)9(15)14(4)8-12-11/h12H,5-8H2,1-4H3. The number of hydrogen-bond acceptors (Lipinski definition) is 3. The number of carbonyl (C=O) groups excluding carboxylic acids is 1. The van der Waals surface area contributed by atoms with Gasteiger partial charge in [-0.2, -0.15) is 0 Å². The van der Waals surface area contributed by atoms with E-state index in [9.17, 15) is 4.79 Å². The predicted octanol–water partition coefficient (Wildman–Crippen LogP) is 0.106. The maximum atomic E-state index is 12.2. The van der Waals surface area contributed by atoms with Crippen molar-refractivity contribution in [1.82, 2.24) is 15.1 Å². The summed E-state index contributed by atoms with van der Waals surface area (Å²) in [6.45, 7) is 7.03. The van der Waals surface area contributed by atoms with Gasteiger partial charge in [0.1, 0.15) is 5.54 Å². The number of nitrogens with one attached hydrogen (secondary N) is 1. The van der Waals surface area contributed by atoms with Crippen LogP contribution in [0.3, 0.4) is 0 Å². The number of rotatable bonds is 0. The van der Waals surface area contributed by atoms with E-state index in [1.165, 1.54) is 0 Å². The van der Waals surface area contributed by atoms with Crippen molar-refractivity contribution in [1.29, 1.82) is 0 Å². The van der Waals surface area contributed by atoms with Crippen molar-refractivity contribution in [2.45, 2.75) is 25.8 Å². The average molecular weight is 211 g/mol. The van der Waals surface area contributed by atoms with Gasteiger partial charge in [-0.05, 0) is 13.5 Å². The smallest absolute Gasteiger partial charge is 0.244 e. The molecule has 1 unspecified atom stereocenters. The molecule has 0 aliphatic carbocycles. The number of amides is 1. The van der Waals surface area contributed by atoms with Crippen LogP contribution in [-0.4, -0.2) is 55.1 Å². The van der Waals surface area contributed by atoms with Crippen molar-refractivity contribution in [3.05, 3.63) is 0 Å². The molecule has 0 radical (unpaired) electrons. The minimum absolute atomic E-state index is 0.00183. The lowest BCUT2D eigenvalue weighted by Crippen LogP contribution is -2.65. The number of nitrogens with zero attached hydrogens (tertiary/aromatic N) is 2. The molecule has 4 heteroatoms. The molecule has 2 saturated heterocycles. The Labute approximate surface area is 91.6 Å². The Morgan fingerprint density at radius 1 is 1.33 bits per heavy atom. The van der Waals surface area contributed by atoms with Crippen molar-refractivity contribution >= 4 is 5.91 Å². The fourth-order valence-electron chi connectivity index (χ4n) is 3.04. The molecule has 0 aromatic carbocycles. The second-order valence-corrected chi connectivity index (χ2v) is 5.61. The van der Waals surface area contributed by atoms with Crippen molar-refractivity contribution in [2.24, 2.45) is 5.41 Å². The second kappa shape index (κ2) is 3.19. The SMILES string of the molecule is CN1CCC2(NCN(C)C2=O)C(C)(C)C1. The van der Waals surface area contributed by atoms with Gasteiger partial charge in [0.2, 0.25) is 5.91 Å². The molecule has 2 heterocycles. The van der Waals surface area contributed by atoms with Crippen molar-refractivity contribution < 1.29 is 4.79 Å². The predicted molar refractivity (Wildman–Crippen MR) is 59.4 cm³/mol. The van der Waals surface area contributed by atoms with E-state index in [0.29, 0.717) is 6.67 Å². The minimum atomic E-state index is -0.325. The van der Waals surface area contributed by atoms with E-state index in [-0.39, 0.29) is 16.9 Å². The Bertz CT molecular complexity index is 290. The van der Waals surface area contributed by atoms with Crippen LogP contribution >= 0.6 is 0 Å². The Morgan fingerprint density at radius 3 is 2.47 bits per heavy atom. The molecular weight excluding hydrogens is 190 g/mol. The first-order valence-electron chi connectivity index (χ1n) is 5.58.